The molecule has 98 valence electrons. The molecule has 0 spiro atoms. The fourth-order valence-corrected chi connectivity index (χ4v) is 1.84. The first kappa shape index (κ1) is 13.0. The Labute approximate surface area is 110 Å². The number of hydrogen-bond donors (Lipinski definition) is 2. The monoisotopic (exact) mass is 258 g/mol. The number of carbonyl (C=O) groups excluding carboxylic acids is 1. The van der Waals surface area contributed by atoms with Gasteiger partial charge in [0.15, 0.2) is 0 Å². The van der Waals surface area contributed by atoms with Crippen molar-refractivity contribution in [3.05, 3.63) is 41.7 Å². The Hall–Kier alpha value is -2.43. The van der Waals surface area contributed by atoms with Crippen LogP contribution in [0.25, 0.3) is 10.8 Å². The van der Waals surface area contributed by atoms with Crippen LogP contribution in [0.15, 0.2) is 30.5 Å². The SMILES string of the molecule is Cc1cnc(C(=O)NC(C)C(=O)O)c2ccccc12. The Balaban J connectivity index is 2.43. The summed E-state index contributed by atoms with van der Waals surface area (Å²) in [4.78, 5) is 26.9. The molecular formula is C14H14N2O3. The van der Waals surface area contributed by atoms with E-state index in [1.165, 1.54) is 6.92 Å². The molecule has 0 fully saturated rings. The zero-order chi connectivity index (χ0) is 14.0. The van der Waals surface area contributed by atoms with Crippen LogP contribution in [0.5, 0.6) is 0 Å². The van der Waals surface area contributed by atoms with Crippen molar-refractivity contribution in [2.75, 3.05) is 0 Å². The maximum Gasteiger partial charge on any atom is 0.325 e. The van der Waals surface area contributed by atoms with Gasteiger partial charge >= 0.3 is 5.97 Å². The standard InChI is InChI=1S/C14H14N2O3/c1-8-7-15-12(11-6-4-3-5-10(8)11)13(17)16-9(2)14(18)19/h3-7,9H,1-2H3,(H,16,17)(H,18,19). The molecule has 1 aromatic carbocycles. The molecule has 1 amide bonds. The van der Waals surface area contributed by atoms with Crippen LogP contribution >= 0.6 is 0 Å². The lowest BCUT2D eigenvalue weighted by atomic mass is 10.1. The lowest BCUT2D eigenvalue weighted by Gasteiger charge is -2.11. The number of nitrogens with zero attached hydrogens (tertiary/aromatic N) is 1. The smallest absolute Gasteiger partial charge is 0.325 e. The van der Waals surface area contributed by atoms with Crippen molar-refractivity contribution in [3.8, 4) is 0 Å². The number of carbonyl (C=O) groups is 2. The van der Waals surface area contributed by atoms with E-state index >= 15 is 0 Å². The van der Waals surface area contributed by atoms with Gasteiger partial charge in [-0.2, -0.15) is 0 Å². The molecule has 0 aliphatic carbocycles. The average molecular weight is 258 g/mol. The summed E-state index contributed by atoms with van der Waals surface area (Å²) < 4.78 is 0. The summed E-state index contributed by atoms with van der Waals surface area (Å²) in [6.07, 6.45) is 1.61. The molecule has 1 unspecified atom stereocenters. The highest BCUT2D eigenvalue weighted by Crippen LogP contribution is 2.20. The number of carboxylic acid groups (broad SMARTS) is 1. The molecule has 19 heavy (non-hydrogen) atoms. The van der Waals surface area contributed by atoms with E-state index in [0.29, 0.717) is 0 Å². The topological polar surface area (TPSA) is 79.3 Å². The summed E-state index contributed by atoms with van der Waals surface area (Å²) in [6, 6.07) is 6.46. The zero-order valence-electron chi connectivity index (χ0n) is 10.7. The minimum atomic E-state index is -1.08. The van der Waals surface area contributed by atoms with Gasteiger partial charge < -0.3 is 10.4 Å². The van der Waals surface area contributed by atoms with Crippen molar-refractivity contribution < 1.29 is 14.7 Å². The first-order chi connectivity index (χ1) is 9.00. The number of hydrogen-bond acceptors (Lipinski definition) is 3. The number of fused-ring (bicyclic) bond motifs is 1. The molecule has 0 aliphatic heterocycles. The molecule has 5 heteroatoms. The molecule has 5 nitrogen and oxygen atoms in total. The van der Waals surface area contributed by atoms with Gasteiger partial charge in [-0.3, -0.25) is 14.6 Å². The summed E-state index contributed by atoms with van der Waals surface area (Å²) in [6.45, 7) is 3.33. The number of aryl methyl sites for hydroxylation is 1. The van der Waals surface area contributed by atoms with Crippen molar-refractivity contribution in [2.45, 2.75) is 19.9 Å². The highest BCUT2D eigenvalue weighted by atomic mass is 16.4. The molecule has 2 rings (SSSR count). The molecule has 0 radical (unpaired) electrons. The fraction of sp³-hybridized carbons (Fsp3) is 0.214. The number of aliphatic carboxylic acids is 1. The quantitative estimate of drug-likeness (QED) is 0.879. The van der Waals surface area contributed by atoms with Crippen molar-refractivity contribution >= 4 is 22.6 Å². The largest absolute Gasteiger partial charge is 0.480 e. The highest BCUT2D eigenvalue weighted by molar-refractivity contribution is 6.06. The van der Waals surface area contributed by atoms with Crippen molar-refractivity contribution in [2.24, 2.45) is 0 Å². The molecule has 1 atom stereocenters. The molecule has 0 saturated carbocycles. The van der Waals surface area contributed by atoms with Crippen LogP contribution in [-0.4, -0.2) is 28.0 Å². The molecule has 2 N–H and O–H groups in total. The van der Waals surface area contributed by atoms with E-state index < -0.39 is 17.9 Å². The Morgan fingerprint density at radius 2 is 1.89 bits per heavy atom. The Kier molecular flexibility index (Phi) is 3.46. The van der Waals surface area contributed by atoms with Crippen molar-refractivity contribution in [3.63, 3.8) is 0 Å². The fourth-order valence-electron chi connectivity index (χ4n) is 1.84. The van der Waals surface area contributed by atoms with Crippen LogP contribution in [0.2, 0.25) is 0 Å². The first-order valence-corrected chi connectivity index (χ1v) is 5.88. The van der Waals surface area contributed by atoms with E-state index in [4.69, 9.17) is 5.11 Å². The van der Waals surface area contributed by atoms with E-state index in [2.05, 4.69) is 10.3 Å². The maximum atomic E-state index is 12.0. The first-order valence-electron chi connectivity index (χ1n) is 5.88. The van der Waals surface area contributed by atoms with Gasteiger partial charge in [-0.15, -0.1) is 0 Å². The second-order valence-electron chi connectivity index (χ2n) is 4.37. The molecule has 2 aromatic rings. The van der Waals surface area contributed by atoms with Crippen LogP contribution < -0.4 is 5.32 Å². The molecular weight excluding hydrogens is 244 g/mol. The number of pyridine rings is 1. The number of amides is 1. The highest BCUT2D eigenvalue weighted by Gasteiger charge is 2.18. The number of aromatic nitrogens is 1. The zero-order valence-corrected chi connectivity index (χ0v) is 10.7. The third-order valence-corrected chi connectivity index (χ3v) is 2.93. The normalized spacial score (nSPS) is 12.1. The number of rotatable bonds is 3. The minimum absolute atomic E-state index is 0.245. The van der Waals surface area contributed by atoms with E-state index in [0.717, 1.165) is 16.3 Å². The Bertz CT molecular complexity index is 652. The molecule has 0 saturated heterocycles. The van der Waals surface area contributed by atoms with E-state index in [-0.39, 0.29) is 5.69 Å². The van der Waals surface area contributed by atoms with E-state index in [1.807, 2.05) is 25.1 Å². The van der Waals surface area contributed by atoms with Gasteiger partial charge in [0.05, 0.1) is 0 Å². The maximum absolute atomic E-state index is 12.0. The number of benzene rings is 1. The lowest BCUT2D eigenvalue weighted by Crippen LogP contribution is -2.38. The molecule has 0 bridgehead atoms. The second kappa shape index (κ2) is 5.06. The minimum Gasteiger partial charge on any atom is -0.480 e. The van der Waals surface area contributed by atoms with Crippen LogP contribution in [0, 0.1) is 6.92 Å². The van der Waals surface area contributed by atoms with Crippen LogP contribution in [0.4, 0.5) is 0 Å². The van der Waals surface area contributed by atoms with Gasteiger partial charge in [0.25, 0.3) is 5.91 Å². The molecule has 1 heterocycles. The summed E-state index contributed by atoms with van der Waals surface area (Å²) >= 11 is 0. The number of carboxylic acids is 1. The third-order valence-electron chi connectivity index (χ3n) is 2.93. The predicted molar refractivity (Wildman–Crippen MR) is 71.0 cm³/mol. The van der Waals surface area contributed by atoms with Gasteiger partial charge in [0, 0.05) is 11.6 Å². The van der Waals surface area contributed by atoms with Crippen molar-refractivity contribution in [1.82, 2.24) is 10.3 Å². The third kappa shape index (κ3) is 2.54. The van der Waals surface area contributed by atoms with E-state index in [9.17, 15) is 9.59 Å². The van der Waals surface area contributed by atoms with Gasteiger partial charge in [0.1, 0.15) is 11.7 Å². The summed E-state index contributed by atoms with van der Waals surface area (Å²) in [7, 11) is 0. The van der Waals surface area contributed by atoms with Crippen molar-refractivity contribution in [1.29, 1.82) is 0 Å². The summed E-state index contributed by atoms with van der Waals surface area (Å²) in [5, 5.41) is 12.9. The Morgan fingerprint density at radius 1 is 1.26 bits per heavy atom. The van der Waals surface area contributed by atoms with E-state index in [1.54, 1.807) is 12.3 Å². The van der Waals surface area contributed by atoms with Crippen LogP contribution in [-0.2, 0) is 4.79 Å². The predicted octanol–water partition coefficient (Wildman–Crippen LogP) is 1.75. The summed E-state index contributed by atoms with van der Waals surface area (Å²) in [5.74, 6) is -1.56. The van der Waals surface area contributed by atoms with Gasteiger partial charge in [-0.25, -0.2) is 0 Å². The number of nitrogens with one attached hydrogen (secondary N) is 1. The Morgan fingerprint density at radius 3 is 2.53 bits per heavy atom. The molecule has 1 aromatic heterocycles. The van der Waals surface area contributed by atoms with Gasteiger partial charge in [-0.05, 0) is 24.8 Å². The second-order valence-corrected chi connectivity index (χ2v) is 4.37. The summed E-state index contributed by atoms with van der Waals surface area (Å²) in [5.41, 5.74) is 1.22. The van der Waals surface area contributed by atoms with Gasteiger partial charge in [-0.1, -0.05) is 24.3 Å². The van der Waals surface area contributed by atoms with Crippen LogP contribution in [0.1, 0.15) is 23.0 Å². The average Bonchev–Trinajstić information content (AvgIpc) is 2.39. The van der Waals surface area contributed by atoms with Gasteiger partial charge in [0.2, 0.25) is 0 Å². The molecule has 0 aliphatic rings. The lowest BCUT2D eigenvalue weighted by molar-refractivity contribution is -0.138. The van der Waals surface area contributed by atoms with Crippen LogP contribution in [0.3, 0.4) is 0 Å².